The van der Waals surface area contributed by atoms with Gasteiger partial charge in [0, 0.05) is 12.8 Å². The monoisotopic (exact) mass is 849 g/mol. The fourth-order valence-electron chi connectivity index (χ4n) is 6.85. The maximum atomic E-state index is 12.7. The molecule has 0 aliphatic heterocycles. The van der Waals surface area contributed by atoms with Gasteiger partial charge in [0.2, 0.25) is 0 Å². The maximum Gasteiger partial charge on any atom is 0.361 e. The first-order valence-electron chi connectivity index (χ1n) is 24.7. The summed E-state index contributed by atoms with van der Waals surface area (Å²) in [5.41, 5.74) is 0. The molecule has 2 atom stereocenters. The number of aliphatic carboxylic acids is 1. The molecule has 350 valence electrons. The Morgan fingerprint density at radius 1 is 0.517 bits per heavy atom. The highest BCUT2D eigenvalue weighted by molar-refractivity contribution is 5.71. The van der Waals surface area contributed by atoms with Crippen molar-refractivity contribution < 1.29 is 42.9 Å². The summed E-state index contributed by atoms with van der Waals surface area (Å²) < 4.78 is 22.7. The Hall–Kier alpha value is -2.49. The lowest BCUT2D eigenvalue weighted by molar-refractivity contribution is -0.870. The predicted molar refractivity (Wildman–Crippen MR) is 249 cm³/mol. The smallest absolute Gasteiger partial charge is 0.361 e. The van der Waals surface area contributed by atoms with Crippen LogP contribution >= 0.6 is 0 Å². The normalized spacial score (nSPS) is 13.2. The minimum atomic E-state index is -1.51. The van der Waals surface area contributed by atoms with E-state index < -0.39 is 24.3 Å². The van der Waals surface area contributed by atoms with Gasteiger partial charge in [0.15, 0.2) is 6.10 Å². The lowest BCUT2D eigenvalue weighted by Crippen LogP contribution is -2.40. The largest absolute Gasteiger partial charge is 0.477 e. The Labute approximate surface area is 369 Å². The lowest BCUT2D eigenvalue weighted by atomic mass is 10.0. The molecule has 0 amide bonds. The summed E-state index contributed by atoms with van der Waals surface area (Å²) in [6.45, 7) is 4.74. The predicted octanol–water partition coefficient (Wildman–Crippen LogP) is 13.4. The number of nitrogens with zero attached hydrogens (tertiary/aromatic N) is 1. The van der Waals surface area contributed by atoms with Gasteiger partial charge in [-0.1, -0.05) is 192 Å². The molecule has 0 spiro atoms. The number of esters is 2. The maximum absolute atomic E-state index is 12.7. The minimum Gasteiger partial charge on any atom is -0.477 e. The molecule has 0 saturated carbocycles. The van der Waals surface area contributed by atoms with E-state index in [0.717, 1.165) is 57.8 Å². The molecule has 0 heterocycles. The van der Waals surface area contributed by atoms with Crippen molar-refractivity contribution in [1.29, 1.82) is 0 Å². The highest BCUT2D eigenvalue weighted by Crippen LogP contribution is 2.16. The van der Waals surface area contributed by atoms with E-state index in [1.54, 1.807) is 0 Å². The zero-order chi connectivity index (χ0) is 44.2. The van der Waals surface area contributed by atoms with E-state index in [9.17, 15) is 19.5 Å². The zero-order valence-electron chi connectivity index (χ0n) is 39.6. The van der Waals surface area contributed by atoms with Crippen LogP contribution < -0.4 is 0 Å². The number of likely N-dealkylation sites (N-methyl/N-ethyl adjacent to an activating group) is 1. The number of ether oxygens (including phenoxy) is 4. The van der Waals surface area contributed by atoms with Gasteiger partial charge >= 0.3 is 17.9 Å². The number of carbonyl (C=O) groups excluding carboxylic acids is 2. The molecule has 9 heteroatoms. The standard InChI is InChI=1S/C51H93NO8/c1-6-8-10-12-14-16-18-20-21-22-23-24-25-26-27-28-30-31-33-35-37-39-41-48(53)58-45-47(46-59-51(50(55)56)57-44-43-52(3,4)5)60-49(54)42-40-38-36-34-32-29-19-17-15-13-11-9-7-2/h9,11,15,17,29,32,47,51H,6-8,10,12-14,16,18-28,30-31,33-46H2,1-5H3/p+1/b11-9-,17-15-,32-29-. The first-order chi connectivity index (χ1) is 29.1. The van der Waals surface area contributed by atoms with Gasteiger partial charge in [0.1, 0.15) is 13.2 Å². The topological polar surface area (TPSA) is 108 Å². The molecule has 9 nitrogen and oxygen atoms in total. The van der Waals surface area contributed by atoms with Crippen LogP contribution in [0, 0.1) is 0 Å². The van der Waals surface area contributed by atoms with Crippen LogP contribution in [0.4, 0.5) is 0 Å². The third kappa shape index (κ3) is 43.6. The van der Waals surface area contributed by atoms with Crippen molar-refractivity contribution >= 4 is 17.9 Å². The summed E-state index contributed by atoms with van der Waals surface area (Å²) in [4.78, 5) is 37.2. The molecule has 0 radical (unpaired) electrons. The molecule has 0 saturated heterocycles. The molecule has 0 rings (SSSR count). The van der Waals surface area contributed by atoms with Gasteiger partial charge in [0.05, 0.1) is 34.4 Å². The average molecular weight is 849 g/mol. The van der Waals surface area contributed by atoms with Crippen molar-refractivity contribution in [2.24, 2.45) is 0 Å². The molecule has 0 bridgehead atoms. The number of carboxylic acid groups (broad SMARTS) is 1. The number of rotatable bonds is 45. The highest BCUT2D eigenvalue weighted by Gasteiger charge is 2.25. The van der Waals surface area contributed by atoms with Gasteiger partial charge in [-0.25, -0.2) is 4.79 Å². The van der Waals surface area contributed by atoms with E-state index in [-0.39, 0.29) is 32.2 Å². The van der Waals surface area contributed by atoms with E-state index in [1.807, 2.05) is 21.1 Å². The highest BCUT2D eigenvalue weighted by atomic mass is 16.7. The van der Waals surface area contributed by atoms with Gasteiger partial charge in [-0.05, 0) is 44.9 Å². The summed E-state index contributed by atoms with van der Waals surface area (Å²) in [5.74, 6) is -2.04. The lowest BCUT2D eigenvalue weighted by Gasteiger charge is -2.25. The number of unbranched alkanes of at least 4 members (excludes halogenated alkanes) is 24. The minimum absolute atomic E-state index is 0.183. The summed E-state index contributed by atoms with van der Waals surface area (Å²) in [6, 6.07) is 0. The van der Waals surface area contributed by atoms with E-state index in [2.05, 4.69) is 50.3 Å². The molecule has 2 unspecified atom stereocenters. The molecule has 0 aromatic rings. The first kappa shape index (κ1) is 57.5. The van der Waals surface area contributed by atoms with Gasteiger partial charge in [-0.3, -0.25) is 9.59 Å². The van der Waals surface area contributed by atoms with Crippen LogP contribution in [0.1, 0.15) is 213 Å². The van der Waals surface area contributed by atoms with Gasteiger partial charge in [0.25, 0.3) is 6.29 Å². The third-order valence-corrected chi connectivity index (χ3v) is 10.7. The Kier molecular flexibility index (Phi) is 41.4. The molecule has 0 aliphatic carbocycles. The van der Waals surface area contributed by atoms with Crippen molar-refractivity contribution in [3.63, 3.8) is 0 Å². The van der Waals surface area contributed by atoms with Crippen LogP contribution in [0.2, 0.25) is 0 Å². The van der Waals surface area contributed by atoms with Crippen LogP contribution in [0.25, 0.3) is 0 Å². The van der Waals surface area contributed by atoms with E-state index in [1.165, 1.54) is 122 Å². The number of hydrogen-bond donors (Lipinski definition) is 1. The van der Waals surface area contributed by atoms with Crippen LogP contribution in [-0.4, -0.2) is 87.4 Å². The molecular formula is C51H94NO8+. The molecular weight excluding hydrogens is 755 g/mol. The number of hydrogen-bond acceptors (Lipinski definition) is 7. The zero-order valence-corrected chi connectivity index (χ0v) is 39.6. The van der Waals surface area contributed by atoms with Crippen LogP contribution in [-0.2, 0) is 33.3 Å². The number of allylic oxidation sites excluding steroid dienone is 6. The van der Waals surface area contributed by atoms with Crippen LogP contribution in [0.15, 0.2) is 36.5 Å². The van der Waals surface area contributed by atoms with Crippen molar-refractivity contribution in [2.45, 2.75) is 225 Å². The second kappa shape index (κ2) is 43.2. The fraction of sp³-hybridized carbons (Fsp3) is 0.824. The summed E-state index contributed by atoms with van der Waals surface area (Å²) in [5, 5.41) is 9.64. The van der Waals surface area contributed by atoms with Gasteiger partial charge in [-0.15, -0.1) is 0 Å². The quantitative estimate of drug-likeness (QED) is 0.0212. The van der Waals surface area contributed by atoms with Gasteiger partial charge < -0.3 is 28.5 Å². The first-order valence-corrected chi connectivity index (χ1v) is 24.7. The Morgan fingerprint density at radius 2 is 0.950 bits per heavy atom. The molecule has 1 N–H and O–H groups in total. The van der Waals surface area contributed by atoms with E-state index in [0.29, 0.717) is 23.9 Å². The summed E-state index contributed by atoms with van der Waals surface area (Å²) >= 11 is 0. The van der Waals surface area contributed by atoms with E-state index >= 15 is 0 Å². The number of carbonyl (C=O) groups is 3. The number of carboxylic acids is 1. The van der Waals surface area contributed by atoms with Gasteiger partial charge in [-0.2, -0.15) is 0 Å². The Bertz CT molecular complexity index is 1080. The second-order valence-electron chi connectivity index (χ2n) is 17.8. The Morgan fingerprint density at radius 3 is 1.42 bits per heavy atom. The van der Waals surface area contributed by atoms with E-state index in [4.69, 9.17) is 18.9 Å². The molecule has 0 aromatic heterocycles. The second-order valence-corrected chi connectivity index (χ2v) is 17.8. The molecule has 0 fully saturated rings. The average Bonchev–Trinajstić information content (AvgIpc) is 3.21. The summed E-state index contributed by atoms with van der Waals surface area (Å²) in [6.07, 6.45) is 46.5. The number of quaternary nitrogens is 1. The SMILES string of the molecule is CC/C=C\C/C=C\C/C=C\CCCCCC(=O)OC(COC(=O)CCCCCCCCCCCCCCCCCCCCCCCC)COC(OCC[N+](C)(C)C)C(=O)O. The fourth-order valence-corrected chi connectivity index (χ4v) is 6.85. The summed E-state index contributed by atoms with van der Waals surface area (Å²) in [7, 11) is 5.95. The Balaban J connectivity index is 4.29. The third-order valence-electron chi connectivity index (χ3n) is 10.7. The molecule has 0 aromatic carbocycles. The van der Waals surface area contributed by atoms with Crippen molar-refractivity contribution in [3.8, 4) is 0 Å². The van der Waals surface area contributed by atoms with Crippen molar-refractivity contribution in [3.05, 3.63) is 36.5 Å². The van der Waals surface area contributed by atoms with Crippen molar-refractivity contribution in [2.75, 3.05) is 47.5 Å². The van der Waals surface area contributed by atoms with Crippen LogP contribution in [0.5, 0.6) is 0 Å². The molecule has 60 heavy (non-hydrogen) atoms. The molecule has 0 aliphatic rings. The van der Waals surface area contributed by atoms with Crippen molar-refractivity contribution in [1.82, 2.24) is 0 Å². The van der Waals surface area contributed by atoms with Crippen LogP contribution in [0.3, 0.4) is 0 Å².